The molecule has 0 amide bonds. The van der Waals surface area contributed by atoms with Gasteiger partial charge in [-0.2, -0.15) is 0 Å². The van der Waals surface area contributed by atoms with Gasteiger partial charge < -0.3 is 23.9 Å². The van der Waals surface area contributed by atoms with Crippen molar-refractivity contribution in [2.24, 2.45) is 0 Å². The standard InChI is InChI=1S/C23H23ClFNO5/c1-26-8-7-12(15(26)11-27)20-18(29-2)10-19(30-3)21-16(28)9-17(31-23(20)21)13-5-4-6-14(25)22(13)24/h4-6,9-10,12,15,27H,7-8,11H2,1-3H3. The highest BCUT2D eigenvalue weighted by atomic mass is 35.5. The van der Waals surface area contributed by atoms with Crippen LogP contribution in [-0.4, -0.2) is 50.5 Å². The van der Waals surface area contributed by atoms with Gasteiger partial charge in [0.1, 0.15) is 34.0 Å². The molecule has 3 aromatic rings. The van der Waals surface area contributed by atoms with Gasteiger partial charge in [-0.25, -0.2) is 4.39 Å². The van der Waals surface area contributed by atoms with E-state index in [-0.39, 0.29) is 51.3 Å². The van der Waals surface area contributed by atoms with Gasteiger partial charge >= 0.3 is 0 Å². The maximum atomic E-state index is 14.1. The van der Waals surface area contributed by atoms with Crippen molar-refractivity contribution in [3.63, 3.8) is 0 Å². The molecule has 0 aliphatic carbocycles. The normalized spacial score (nSPS) is 19.2. The van der Waals surface area contributed by atoms with Gasteiger partial charge in [0, 0.05) is 35.2 Å². The minimum Gasteiger partial charge on any atom is -0.496 e. The lowest BCUT2D eigenvalue weighted by atomic mass is 9.89. The van der Waals surface area contributed by atoms with Crippen LogP contribution in [0.5, 0.6) is 11.5 Å². The molecule has 2 aromatic carbocycles. The molecule has 164 valence electrons. The van der Waals surface area contributed by atoms with E-state index in [1.165, 1.54) is 32.4 Å². The van der Waals surface area contributed by atoms with E-state index in [9.17, 15) is 14.3 Å². The minimum atomic E-state index is -0.608. The molecule has 2 unspecified atom stereocenters. The van der Waals surface area contributed by atoms with Crippen LogP contribution in [0.2, 0.25) is 5.02 Å². The van der Waals surface area contributed by atoms with Crippen molar-refractivity contribution >= 4 is 22.6 Å². The van der Waals surface area contributed by atoms with E-state index in [1.54, 1.807) is 12.1 Å². The second-order valence-corrected chi connectivity index (χ2v) is 7.98. The van der Waals surface area contributed by atoms with Crippen LogP contribution in [0.1, 0.15) is 17.9 Å². The lowest BCUT2D eigenvalue weighted by Gasteiger charge is -2.25. The minimum absolute atomic E-state index is 0.0580. The van der Waals surface area contributed by atoms with Gasteiger partial charge in [-0.1, -0.05) is 17.7 Å². The van der Waals surface area contributed by atoms with Crippen molar-refractivity contribution in [3.8, 4) is 22.8 Å². The fraction of sp³-hybridized carbons (Fsp3) is 0.348. The van der Waals surface area contributed by atoms with Gasteiger partial charge in [-0.05, 0) is 32.1 Å². The van der Waals surface area contributed by atoms with Crippen LogP contribution < -0.4 is 14.9 Å². The third-order valence-corrected chi connectivity index (χ3v) is 6.39. The largest absolute Gasteiger partial charge is 0.496 e. The Labute approximate surface area is 183 Å². The summed E-state index contributed by atoms with van der Waals surface area (Å²) >= 11 is 6.15. The first-order valence-electron chi connectivity index (χ1n) is 9.89. The molecule has 1 saturated heterocycles. The summed E-state index contributed by atoms with van der Waals surface area (Å²) in [6.45, 7) is 0.712. The van der Waals surface area contributed by atoms with Gasteiger partial charge in [-0.15, -0.1) is 0 Å². The number of hydrogen-bond acceptors (Lipinski definition) is 6. The monoisotopic (exact) mass is 447 g/mol. The molecule has 2 heterocycles. The molecule has 1 aliphatic rings. The molecule has 6 nitrogen and oxygen atoms in total. The molecule has 31 heavy (non-hydrogen) atoms. The zero-order valence-corrected chi connectivity index (χ0v) is 18.2. The number of methoxy groups -OCH3 is 2. The van der Waals surface area contributed by atoms with Crippen molar-refractivity contribution in [1.29, 1.82) is 0 Å². The second kappa shape index (κ2) is 8.49. The Morgan fingerprint density at radius 2 is 2.00 bits per heavy atom. The number of ether oxygens (including phenoxy) is 2. The first kappa shape index (κ1) is 21.6. The highest BCUT2D eigenvalue weighted by molar-refractivity contribution is 6.33. The Hall–Kier alpha value is -2.61. The SMILES string of the molecule is COc1cc(OC)c2c(=O)cc(-c3cccc(F)c3Cl)oc2c1C1CCN(C)C1CO. The van der Waals surface area contributed by atoms with E-state index in [4.69, 9.17) is 25.5 Å². The molecule has 8 heteroatoms. The summed E-state index contributed by atoms with van der Waals surface area (Å²) in [4.78, 5) is 15.2. The van der Waals surface area contributed by atoms with Crippen LogP contribution in [0.15, 0.2) is 39.5 Å². The Bertz CT molecular complexity index is 1190. The molecule has 2 atom stereocenters. The Kier molecular flexibility index (Phi) is 5.92. The first-order valence-corrected chi connectivity index (χ1v) is 10.3. The number of aliphatic hydroxyl groups is 1. The average molecular weight is 448 g/mol. The molecule has 1 aromatic heterocycles. The number of likely N-dealkylation sites (N-methyl/N-ethyl adjacent to an activating group) is 1. The number of benzene rings is 2. The van der Waals surface area contributed by atoms with Gasteiger partial charge in [-0.3, -0.25) is 4.79 Å². The molecule has 1 aliphatic heterocycles. The van der Waals surface area contributed by atoms with Crippen LogP contribution >= 0.6 is 11.6 Å². The molecule has 0 spiro atoms. The van der Waals surface area contributed by atoms with E-state index in [1.807, 2.05) is 7.05 Å². The van der Waals surface area contributed by atoms with E-state index < -0.39 is 5.82 Å². The topological polar surface area (TPSA) is 72.1 Å². The van der Waals surface area contributed by atoms with Crippen molar-refractivity contribution in [2.75, 3.05) is 34.4 Å². The smallest absolute Gasteiger partial charge is 0.197 e. The second-order valence-electron chi connectivity index (χ2n) is 7.60. The summed E-state index contributed by atoms with van der Waals surface area (Å²) in [7, 11) is 4.93. The number of nitrogens with zero attached hydrogens (tertiary/aromatic N) is 1. The van der Waals surface area contributed by atoms with Gasteiger partial charge in [0.25, 0.3) is 0 Å². The van der Waals surface area contributed by atoms with E-state index >= 15 is 0 Å². The molecular weight excluding hydrogens is 425 g/mol. The fourth-order valence-corrected chi connectivity index (χ4v) is 4.64. The number of halogens is 2. The average Bonchev–Trinajstić information content (AvgIpc) is 3.13. The molecule has 1 fully saturated rings. The number of aliphatic hydroxyl groups excluding tert-OH is 1. The number of fused-ring (bicyclic) bond motifs is 1. The number of likely N-dealkylation sites (tertiary alicyclic amines) is 1. The van der Waals surface area contributed by atoms with E-state index in [0.717, 1.165) is 13.0 Å². The maximum absolute atomic E-state index is 14.1. The molecule has 0 radical (unpaired) electrons. The summed E-state index contributed by atoms with van der Waals surface area (Å²) in [5, 5.41) is 10.1. The third-order valence-electron chi connectivity index (χ3n) is 6.00. The lowest BCUT2D eigenvalue weighted by molar-refractivity contribution is 0.171. The molecular formula is C23H23ClFNO5. The predicted molar refractivity (Wildman–Crippen MR) is 117 cm³/mol. The Morgan fingerprint density at radius 3 is 2.68 bits per heavy atom. The summed E-state index contributed by atoms with van der Waals surface area (Å²) in [6.07, 6.45) is 0.744. The van der Waals surface area contributed by atoms with E-state index in [2.05, 4.69) is 4.90 Å². The lowest BCUT2D eigenvalue weighted by Crippen LogP contribution is -2.32. The highest BCUT2D eigenvalue weighted by Gasteiger charge is 2.37. The van der Waals surface area contributed by atoms with E-state index in [0.29, 0.717) is 17.1 Å². The van der Waals surface area contributed by atoms with Crippen molar-refractivity contribution in [2.45, 2.75) is 18.4 Å². The van der Waals surface area contributed by atoms with Gasteiger partial charge in [0.15, 0.2) is 5.43 Å². The fourth-order valence-electron chi connectivity index (χ4n) is 4.42. The van der Waals surface area contributed by atoms with Crippen molar-refractivity contribution < 1.29 is 23.4 Å². The Morgan fingerprint density at radius 1 is 1.26 bits per heavy atom. The summed E-state index contributed by atoms with van der Waals surface area (Å²) in [6, 6.07) is 7.11. The summed E-state index contributed by atoms with van der Waals surface area (Å²) in [5.74, 6) is 0.204. The van der Waals surface area contributed by atoms with Gasteiger partial charge in [0.05, 0.1) is 25.8 Å². The zero-order chi connectivity index (χ0) is 22.3. The maximum Gasteiger partial charge on any atom is 0.197 e. The zero-order valence-electron chi connectivity index (χ0n) is 17.4. The predicted octanol–water partition coefficient (Wildman–Crippen LogP) is 4.05. The van der Waals surface area contributed by atoms with Crippen molar-refractivity contribution in [1.82, 2.24) is 4.90 Å². The summed E-state index contributed by atoms with van der Waals surface area (Å²) < 4.78 is 31.3. The van der Waals surface area contributed by atoms with Crippen LogP contribution in [0.4, 0.5) is 4.39 Å². The third kappa shape index (κ3) is 3.56. The number of rotatable bonds is 5. The molecule has 0 saturated carbocycles. The quantitative estimate of drug-likeness (QED) is 0.636. The highest BCUT2D eigenvalue weighted by Crippen LogP contribution is 2.45. The molecule has 4 rings (SSSR count). The molecule has 0 bridgehead atoms. The molecule has 1 N–H and O–H groups in total. The van der Waals surface area contributed by atoms with Crippen LogP contribution in [0.25, 0.3) is 22.3 Å². The van der Waals surface area contributed by atoms with Crippen LogP contribution in [0.3, 0.4) is 0 Å². The van der Waals surface area contributed by atoms with Crippen molar-refractivity contribution in [3.05, 3.63) is 57.0 Å². The summed E-state index contributed by atoms with van der Waals surface area (Å²) in [5.41, 5.74) is 0.894. The van der Waals surface area contributed by atoms with Crippen LogP contribution in [0, 0.1) is 5.82 Å². The Balaban J connectivity index is 2.07. The van der Waals surface area contributed by atoms with Gasteiger partial charge in [0.2, 0.25) is 0 Å². The van der Waals surface area contributed by atoms with Crippen LogP contribution in [-0.2, 0) is 0 Å². The first-order chi connectivity index (χ1) is 14.9. The number of hydrogen-bond donors (Lipinski definition) is 1.